The molecule has 1 fully saturated rings. The van der Waals surface area contributed by atoms with E-state index < -0.39 is 0 Å². The molecule has 0 N–H and O–H groups in total. The molecule has 2 aromatic carbocycles. The van der Waals surface area contributed by atoms with Crippen molar-refractivity contribution in [1.82, 2.24) is 9.80 Å². The van der Waals surface area contributed by atoms with Crippen LogP contribution in [0.4, 0.5) is 4.39 Å². The van der Waals surface area contributed by atoms with Gasteiger partial charge < -0.3 is 4.90 Å². The summed E-state index contributed by atoms with van der Waals surface area (Å²) >= 11 is 0. The molecule has 5 heteroatoms. The minimum absolute atomic E-state index is 0.0287. The van der Waals surface area contributed by atoms with Gasteiger partial charge in [0.1, 0.15) is 12.4 Å². The van der Waals surface area contributed by atoms with Crippen LogP contribution in [0.25, 0.3) is 5.70 Å². The maximum atomic E-state index is 13.4. The van der Waals surface area contributed by atoms with Crippen LogP contribution in [-0.4, -0.2) is 41.2 Å². The van der Waals surface area contributed by atoms with Crippen molar-refractivity contribution in [1.29, 1.82) is 0 Å². The fourth-order valence-corrected chi connectivity index (χ4v) is 4.12. The Labute approximate surface area is 164 Å². The second-order valence-corrected chi connectivity index (χ2v) is 7.54. The lowest BCUT2D eigenvalue weighted by Gasteiger charge is -2.33. The molecule has 0 radical (unpaired) electrons. The largest absolute Gasteiger partial charge is 0.341 e. The van der Waals surface area contributed by atoms with Gasteiger partial charge in [-0.2, -0.15) is 0 Å². The smallest absolute Gasteiger partial charge is 0.259 e. The average Bonchev–Trinajstić information content (AvgIpc) is 2.94. The van der Waals surface area contributed by atoms with Gasteiger partial charge in [0.2, 0.25) is 5.91 Å². The molecule has 2 amide bonds. The van der Waals surface area contributed by atoms with Crippen molar-refractivity contribution in [3.8, 4) is 0 Å². The molecule has 0 saturated carbocycles. The minimum Gasteiger partial charge on any atom is -0.341 e. The summed E-state index contributed by atoms with van der Waals surface area (Å²) < 4.78 is 13.4. The molecule has 28 heavy (non-hydrogen) atoms. The zero-order valence-corrected chi connectivity index (χ0v) is 15.7. The predicted molar refractivity (Wildman–Crippen MR) is 106 cm³/mol. The number of hydrogen-bond acceptors (Lipinski definition) is 2. The molecule has 0 unspecified atom stereocenters. The lowest BCUT2D eigenvalue weighted by atomic mass is 9.90. The topological polar surface area (TPSA) is 40.6 Å². The summed E-state index contributed by atoms with van der Waals surface area (Å²) in [4.78, 5) is 28.6. The molecular weight excluding hydrogens is 355 g/mol. The minimum atomic E-state index is -0.207. The second kappa shape index (κ2) is 7.58. The first-order chi connectivity index (χ1) is 13.5. The quantitative estimate of drug-likeness (QED) is 0.813. The molecule has 0 aliphatic carbocycles. The van der Waals surface area contributed by atoms with E-state index in [9.17, 15) is 14.0 Å². The van der Waals surface area contributed by atoms with E-state index in [4.69, 9.17) is 0 Å². The second-order valence-electron chi connectivity index (χ2n) is 7.54. The fraction of sp³-hybridized carbons (Fsp3) is 0.304. The Balaban J connectivity index is 1.32. The summed E-state index contributed by atoms with van der Waals surface area (Å²) in [5, 5.41) is 0. The van der Waals surface area contributed by atoms with Crippen molar-refractivity contribution in [3.05, 3.63) is 77.6 Å². The van der Waals surface area contributed by atoms with Crippen molar-refractivity contribution in [3.63, 3.8) is 0 Å². The molecular formula is C23H23FN2O2. The highest BCUT2D eigenvalue weighted by Gasteiger charge is 2.33. The number of carbonyl (C=O) groups excluding carboxylic acids is 2. The number of benzene rings is 2. The first kappa shape index (κ1) is 18.4. The van der Waals surface area contributed by atoms with Crippen molar-refractivity contribution in [2.45, 2.75) is 19.3 Å². The molecule has 144 valence electrons. The monoisotopic (exact) mass is 378 g/mol. The Morgan fingerprint density at radius 3 is 2.46 bits per heavy atom. The van der Waals surface area contributed by atoms with E-state index in [1.54, 1.807) is 18.2 Å². The van der Waals surface area contributed by atoms with Crippen LogP contribution < -0.4 is 0 Å². The van der Waals surface area contributed by atoms with Crippen LogP contribution in [0.1, 0.15) is 34.3 Å². The van der Waals surface area contributed by atoms with Gasteiger partial charge in [-0.3, -0.25) is 14.5 Å². The van der Waals surface area contributed by atoms with Gasteiger partial charge in [-0.1, -0.05) is 36.9 Å². The van der Waals surface area contributed by atoms with E-state index in [-0.39, 0.29) is 24.2 Å². The van der Waals surface area contributed by atoms with Gasteiger partial charge in [-0.15, -0.1) is 0 Å². The normalized spacial score (nSPS) is 17.2. The molecule has 0 atom stereocenters. The Kier molecular flexibility index (Phi) is 4.99. The summed E-state index contributed by atoms with van der Waals surface area (Å²) in [6.45, 7) is 5.36. The molecule has 2 aliphatic rings. The number of rotatable bonds is 4. The Morgan fingerprint density at radius 1 is 1.07 bits per heavy atom. The van der Waals surface area contributed by atoms with E-state index in [1.807, 2.05) is 29.2 Å². The predicted octanol–water partition coefficient (Wildman–Crippen LogP) is 3.73. The third-order valence-electron chi connectivity index (χ3n) is 5.71. The molecule has 1 saturated heterocycles. The van der Waals surface area contributed by atoms with Crippen LogP contribution in [0.3, 0.4) is 0 Å². The summed E-state index contributed by atoms with van der Waals surface area (Å²) in [7, 11) is 0. The number of likely N-dealkylation sites (tertiary alicyclic amines) is 1. The third-order valence-corrected chi connectivity index (χ3v) is 5.71. The number of hydrogen-bond donors (Lipinski definition) is 0. The summed E-state index contributed by atoms with van der Waals surface area (Å²) in [6.07, 6.45) is 2.60. The van der Waals surface area contributed by atoms with Crippen molar-refractivity contribution in [2.24, 2.45) is 5.92 Å². The van der Waals surface area contributed by atoms with Gasteiger partial charge in [0.05, 0.1) is 0 Å². The molecule has 2 aromatic rings. The molecule has 2 aliphatic heterocycles. The number of nitrogens with zero attached hydrogens (tertiary/aromatic N) is 2. The molecule has 4 rings (SSSR count). The maximum absolute atomic E-state index is 13.4. The van der Waals surface area contributed by atoms with Gasteiger partial charge >= 0.3 is 0 Å². The van der Waals surface area contributed by atoms with Crippen LogP contribution in [0.2, 0.25) is 0 Å². The summed E-state index contributed by atoms with van der Waals surface area (Å²) in [6, 6.07) is 14.0. The van der Waals surface area contributed by atoms with Crippen LogP contribution >= 0.6 is 0 Å². The Bertz CT molecular complexity index is 897. The van der Waals surface area contributed by atoms with Gasteiger partial charge in [-0.05, 0) is 48.9 Å². The molecule has 0 spiro atoms. The summed E-state index contributed by atoms with van der Waals surface area (Å²) in [5.41, 5.74) is 3.00. The van der Waals surface area contributed by atoms with Crippen molar-refractivity contribution < 1.29 is 14.0 Å². The number of amides is 2. The van der Waals surface area contributed by atoms with Crippen LogP contribution in [0.15, 0.2) is 55.1 Å². The lowest BCUT2D eigenvalue weighted by Crippen LogP contribution is -2.44. The van der Waals surface area contributed by atoms with E-state index in [0.29, 0.717) is 30.3 Å². The zero-order chi connectivity index (χ0) is 19.7. The van der Waals surface area contributed by atoms with Crippen molar-refractivity contribution >= 4 is 17.5 Å². The molecule has 4 nitrogen and oxygen atoms in total. The number of halogens is 1. The molecule has 0 bridgehead atoms. The van der Waals surface area contributed by atoms with E-state index in [1.165, 1.54) is 11.0 Å². The van der Waals surface area contributed by atoms with Crippen LogP contribution in [-0.2, 0) is 11.2 Å². The first-order valence-electron chi connectivity index (χ1n) is 9.65. The summed E-state index contributed by atoms with van der Waals surface area (Å²) in [5.74, 6) is 0.0292. The van der Waals surface area contributed by atoms with Crippen LogP contribution in [0.5, 0.6) is 0 Å². The van der Waals surface area contributed by atoms with Gasteiger partial charge in [0, 0.05) is 29.9 Å². The Morgan fingerprint density at radius 2 is 1.79 bits per heavy atom. The number of carbonyl (C=O) groups is 2. The van der Waals surface area contributed by atoms with Gasteiger partial charge in [0.25, 0.3) is 5.91 Å². The van der Waals surface area contributed by atoms with E-state index in [0.717, 1.165) is 30.4 Å². The highest BCUT2D eigenvalue weighted by atomic mass is 19.1. The SMILES string of the molecule is C=C1c2ccccc2C(=O)N1CC(=O)N1CCC(Cc2cccc(F)c2)CC1. The van der Waals surface area contributed by atoms with Gasteiger partial charge in [-0.25, -0.2) is 4.39 Å². The first-order valence-corrected chi connectivity index (χ1v) is 9.65. The molecule has 2 heterocycles. The van der Waals surface area contributed by atoms with Crippen LogP contribution in [0, 0.1) is 11.7 Å². The lowest BCUT2D eigenvalue weighted by molar-refractivity contribution is -0.132. The Hall–Kier alpha value is -2.95. The highest BCUT2D eigenvalue weighted by molar-refractivity contribution is 6.10. The average molecular weight is 378 g/mol. The standard InChI is InChI=1S/C23H23FN2O2/c1-16-20-7-2-3-8-21(20)23(28)26(16)15-22(27)25-11-9-17(10-12-25)13-18-5-4-6-19(24)14-18/h2-8,14,17H,1,9-13,15H2. The third kappa shape index (κ3) is 3.57. The van der Waals surface area contributed by atoms with E-state index in [2.05, 4.69) is 6.58 Å². The van der Waals surface area contributed by atoms with E-state index >= 15 is 0 Å². The van der Waals surface area contributed by atoms with Gasteiger partial charge in [0.15, 0.2) is 0 Å². The number of piperidine rings is 1. The number of fused-ring (bicyclic) bond motifs is 1. The maximum Gasteiger partial charge on any atom is 0.259 e. The highest BCUT2D eigenvalue weighted by Crippen LogP contribution is 2.31. The zero-order valence-electron chi connectivity index (χ0n) is 15.7. The molecule has 0 aromatic heterocycles. The fourth-order valence-electron chi connectivity index (χ4n) is 4.12. The van der Waals surface area contributed by atoms with Crippen molar-refractivity contribution in [2.75, 3.05) is 19.6 Å².